The quantitative estimate of drug-likeness (QED) is 0.698. The lowest BCUT2D eigenvalue weighted by Gasteiger charge is -2.13. The molecule has 1 aliphatic rings. The highest BCUT2D eigenvalue weighted by atomic mass is 19.1. The SMILES string of the molecule is Cc1cc(F)ccc1C1CCCN1. The van der Waals surface area contributed by atoms with Crippen LogP contribution in [0.1, 0.15) is 30.0 Å². The summed E-state index contributed by atoms with van der Waals surface area (Å²) in [5.74, 6) is -0.140. The molecule has 1 fully saturated rings. The van der Waals surface area contributed by atoms with E-state index >= 15 is 0 Å². The summed E-state index contributed by atoms with van der Waals surface area (Å²) in [4.78, 5) is 0. The second-order valence-corrected chi connectivity index (χ2v) is 3.65. The van der Waals surface area contributed by atoms with Gasteiger partial charge in [0.15, 0.2) is 0 Å². The van der Waals surface area contributed by atoms with E-state index in [2.05, 4.69) is 5.32 Å². The molecule has 70 valence electrons. The summed E-state index contributed by atoms with van der Waals surface area (Å²) < 4.78 is 12.8. The molecule has 0 aromatic heterocycles. The topological polar surface area (TPSA) is 12.0 Å². The second kappa shape index (κ2) is 3.46. The highest BCUT2D eigenvalue weighted by molar-refractivity contribution is 5.29. The van der Waals surface area contributed by atoms with Gasteiger partial charge in [0.1, 0.15) is 5.82 Å². The van der Waals surface area contributed by atoms with Gasteiger partial charge in [-0.3, -0.25) is 0 Å². The van der Waals surface area contributed by atoms with E-state index in [0.717, 1.165) is 12.1 Å². The van der Waals surface area contributed by atoms with Crippen LogP contribution in [0, 0.1) is 12.7 Å². The molecule has 1 aliphatic heterocycles. The molecule has 0 spiro atoms. The molecule has 1 aromatic rings. The number of benzene rings is 1. The molecule has 0 bridgehead atoms. The Morgan fingerprint density at radius 2 is 2.31 bits per heavy atom. The van der Waals surface area contributed by atoms with Crippen molar-refractivity contribution in [3.05, 3.63) is 35.1 Å². The fourth-order valence-corrected chi connectivity index (χ4v) is 1.98. The molecule has 0 saturated carbocycles. The van der Waals surface area contributed by atoms with Gasteiger partial charge in [0.2, 0.25) is 0 Å². The molecule has 0 aliphatic carbocycles. The van der Waals surface area contributed by atoms with Crippen LogP contribution in [0.3, 0.4) is 0 Å². The first kappa shape index (κ1) is 8.70. The Bertz CT molecular complexity index is 303. The fourth-order valence-electron chi connectivity index (χ4n) is 1.98. The number of hydrogen-bond donors (Lipinski definition) is 1. The third kappa shape index (κ3) is 1.73. The van der Waals surface area contributed by atoms with Gasteiger partial charge in [-0.25, -0.2) is 4.39 Å². The van der Waals surface area contributed by atoms with E-state index in [0.29, 0.717) is 6.04 Å². The van der Waals surface area contributed by atoms with Gasteiger partial charge in [0.05, 0.1) is 0 Å². The smallest absolute Gasteiger partial charge is 0.123 e. The van der Waals surface area contributed by atoms with E-state index < -0.39 is 0 Å². The van der Waals surface area contributed by atoms with Crippen LogP contribution >= 0.6 is 0 Å². The standard InChI is InChI=1S/C11H14FN/c1-8-7-9(12)4-5-10(8)11-3-2-6-13-11/h4-5,7,11,13H,2-3,6H2,1H3. The number of aryl methyl sites for hydroxylation is 1. The van der Waals surface area contributed by atoms with Gasteiger partial charge in [-0.1, -0.05) is 6.07 Å². The van der Waals surface area contributed by atoms with Gasteiger partial charge in [0, 0.05) is 6.04 Å². The summed E-state index contributed by atoms with van der Waals surface area (Å²) >= 11 is 0. The molecular weight excluding hydrogens is 165 g/mol. The van der Waals surface area contributed by atoms with E-state index in [1.807, 2.05) is 13.0 Å². The van der Waals surface area contributed by atoms with E-state index in [9.17, 15) is 4.39 Å². The maximum atomic E-state index is 12.8. The molecule has 1 N–H and O–H groups in total. The van der Waals surface area contributed by atoms with Crippen LogP contribution in [0.2, 0.25) is 0 Å². The van der Waals surface area contributed by atoms with Crippen molar-refractivity contribution in [3.63, 3.8) is 0 Å². The average Bonchev–Trinajstić information content (AvgIpc) is 2.56. The Labute approximate surface area is 78.0 Å². The Hall–Kier alpha value is -0.890. The molecule has 2 heteroatoms. The lowest BCUT2D eigenvalue weighted by molar-refractivity contribution is 0.614. The van der Waals surface area contributed by atoms with Crippen molar-refractivity contribution in [2.24, 2.45) is 0 Å². The lowest BCUT2D eigenvalue weighted by Crippen LogP contribution is -2.13. The normalized spacial score (nSPS) is 22.2. The maximum Gasteiger partial charge on any atom is 0.123 e. The molecular formula is C11H14FN. The molecule has 13 heavy (non-hydrogen) atoms. The molecule has 2 rings (SSSR count). The first-order valence-electron chi connectivity index (χ1n) is 4.77. The summed E-state index contributed by atoms with van der Waals surface area (Å²) in [6.45, 7) is 3.06. The predicted molar refractivity (Wildman–Crippen MR) is 51.1 cm³/mol. The average molecular weight is 179 g/mol. The zero-order valence-electron chi connectivity index (χ0n) is 7.81. The van der Waals surface area contributed by atoms with Crippen molar-refractivity contribution < 1.29 is 4.39 Å². The molecule has 1 nitrogen and oxygen atoms in total. The number of halogens is 1. The van der Waals surface area contributed by atoms with Crippen molar-refractivity contribution in [2.45, 2.75) is 25.8 Å². The van der Waals surface area contributed by atoms with Crippen LogP contribution in [-0.2, 0) is 0 Å². The van der Waals surface area contributed by atoms with E-state index in [4.69, 9.17) is 0 Å². The lowest BCUT2D eigenvalue weighted by atomic mass is 10.0. The third-order valence-electron chi connectivity index (χ3n) is 2.67. The van der Waals surface area contributed by atoms with Gasteiger partial charge in [-0.2, -0.15) is 0 Å². The van der Waals surface area contributed by atoms with E-state index in [1.54, 1.807) is 12.1 Å². The molecule has 0 amide bonds. The van der Waals surface area contributed by atoms with Crippen LogP contribution in [-0.4, -0.2) is 6.54 Å². The van der Waals surface area contributed by atoms with Gasteiger partial charge < -0.3 is 5.32 Å². The Morgan fingerprint density at radius 1 is 1.46 bits per heavy atom. The monoisotopic (exact) mass is 179 g/mol. The van der Waals surface area contributed by atoms with Crippen LogP contribution in [0.5, 0.6) is 0 Å². The summed E-state index contributed by atoms with van der Waals surface area (Å²) in [5, 5.41) is 3.41. The second-order valence-electron chi connectivity index (χ2n) is 3.65. The summed E-state index contributed by atoms with van der Waals surface area (Å²) in [5.41, 5.74) is 2.30. The van der Waals surface area contributed by atoms with Crippen molar-refractivity contribution in [1.82, 2.24) is 5.32 Å². The Morgan fingerprint density at radius 3 is 2.92 bits per heavy atom. The van der Waals surface area contributed by atoms with E-state index in [-0.39, 0.29) is 5.82 Å². The summed E-state index contributed by atoms with van der Waals surface area (Å²) in [6.07, 6.45) is 2.40. The van der Waals surface area contributed by atoms with Gasteiger partial charge in [-0.05, 0) is 49.6 Å². The summed E-state index contributed by atoms with van der Waals surface area (Å²) in [7, 11) is 0. The van der Waals surface area contributed by atoms with Crippen LogP contribution in [0.15, 0.2) is 18.2 Å². The predicted octanol–water partition coefficient (Wildman–Crippen LogP) is 2.56. The van der Waals surface area contributed by atoms with Gasteiger partial charge in [-0.15, -0.1) is 0 Å². The van der Waals surface area contributed by atoms with Crippen LogP contribution in [0.25, 0.3) is 0 Å². The number of nitrogens with one attached hydrogen (secondary N) is 1. The first-order chi connectivity index (χ1) is 6.27. The molecule has 1 atom stereocenters. The zero-order valence-corrected chi connectivity index (χ0v) is 7.81. The molecule has 1 unspecified atom stereocenters. The van der Waals surface area contributed by atoms with Crippen molar-refractivity contribution in [2.75, 3.05) is 6.54 Å². The minimum Gasteiger partial charge on any atom is -0.310 e. The van der Waals surface area contributed by atoms with Crippen LogP contribution < -0.4 is 5.32 Å². The number of hydrogen-bond acceptors (Lipinski definition) is 1. The van der Waals surface area contributed by atoms with Gasteiger partial charge >= 0.3 is 0 Å². The molecule has 1 aromatic carbocycles. The Kier molecular flexibility index (Phi) is 2.32. The maximum absolute atomic E-state index is 12.8. The zero-order chi connectivity index (χ0) is 9.26. The van der Waals surface area contributed by atoms with Crippen molar-refractivity contribution in [3.8, 4) is 0 Å². The highest BCUT2D eigenvalue weighted by Gasteiger charge is 2.17. The van der Waals surface area contributed by atoms with Crippen molar-refractivity contribution in [1.29, 1.82) is 0 Å². The van der Waals surface area contributed by atoms with Crippen LogP contribution in [0.4, 0.5) is 4.39 Å². The summed E-state index contributed by atoms with van der Waals surface area (Å²) in [6, 6.07) is 5.49. The number of rotatable bonds is 1. The van der Waals surface area contributed by atoms with Crippen molar-refractivity contribution >= 4 is 0 Å². The Balaban J connectivity index is 2.29. The molecule has 1 saturated heterocycles. The first-order valence-corrected chi connectivity index (χ1v) is 4.77. The molecule has 0 radical (unpaired) electrons. The van der Waals surface area contributed by atoms with Gasteiger partial charge in [0.25, 0.3) is 0 Å². The fraction of sp³-hybridized carbons (Fsp3) is 0.455. The molecule has 1 heterocycles. The minimum absolute atomic E-state index is 0.140. The minimum atomic E-state index is -0.140. The third-order valence-corrected chi connectivity index (χ3v) is 2.67. The largest absolute Gasteiger partial charge is 0.310 e. The van der Waals surface area contributed by atoms with E-state index in [1.165, 1.54) is 18.4 Å². The highest BCUT2D eigenvalue weighted by Crippen LogP contribution is 2.25.